The summed E-state index contributed by atoms with van der Waals surface area (Å²) in [6.45, 7) is 5.22. The summed E-state index contributed by atoms with van der Waals surface area (Å²) in [6, 6.07) is 20.1. The number of benzene rings is 3. The van der Waals surface area contributed by atoms with Crippen molar-refractivity contribution in [1.82, 2.24) is 0 Å². The molecule has 0 heterocycles. The van der Waals surface area contributed by atoms with Gasteiger partial charge < -0.3 is 13.7 Å². The minimum Gasteiger partial charge on any atom is -0.492 e. The van der Waals surface area contributed by atoms with E-state index in [4.69, 9.17) is 13.7 Å². The first-order chi connectivity index (χ1) is 14.6. The smallest absolute Gasteiger partial charge is 0.342 e. The zero-order chi connectivity index (χ0) is 22.6. The van der Waals surface area contributed by atoms with Gasteiger partial charge in [0.15, 0.2) is 11.5 Å². The molecule has 162 valence electrons. The van der Waals surface area contributed by atoms with Crippen molar-refractivity contribution in [3.63, 3.8) is 0 Å². The number of esters is 1. The third-order valence-electron chi connectivity index (χ3n) is 4.24. The van der Waals surface area contributed by atoms with E-state index in [9.17, 15) is 13.2 Å². The molecule has 0 saturated carbocycles. The maximum absolute atomic E-state index is 13.2. The lowest BCUT2D eigenvalue weighted by Crippen LogP contribution is -2.24. The normalized spacial score (nSPS) is 11.6. The molecule has 0 aliphatic rings. The number of carbonyl (C=O) groups is 1. The molecule has 0 radical (unpaired) electrons. The van der Waals surface area contributed by atoms with Gasteiger partial charge in [0.2, 0.25) is 0 Å². The van der Waals surface area contributed by atoms with Crippen molar-refractivity contribution in [2.24, 2.45) is 0 Å². The molecule has 0 aromatic heterocycles. The van der Waals surface area contributed by atoms with Crippen LogP contribution in [0.3, 0.4) is 0 Å². The van der Waals surface area contributed by atoms with Crippen LogP contribution in [0.15, 0.2) is 77.7 Å². The molecule has 0 unspecified atom stereocenters. The van der Waals surface area contributed by atoms with Crippen LogP contribution >= 0.6 is 0 Å². The molecular weight excluding hydrogens is 416 g/mol. The molecule has 3 aromatic rings. The molecule has 0 aliphatic carbocycles. The molecule has 0 saturated heterocycles. The second-order valence-corrected chi connectivity index (χ2v) is 9.25. The monoisotopic (exact) mass is 440 g/mol. The number of hydrogen-bond acceptors (Lipinski definition) is 6. The summed E-state index contributed by atoms with van der Waals surface area (Å²) in [6.07, 6.45) is 0. The van der Waals surface area contributed by atoms with Gasteiger partial charge in [0.25, 0.3) is 0 Å². The topological polar surface area (TPSA) is 78.9 Å². The third kappa shape index (κ3) is 5.24. The zero-order valence-electron chi connectivity index (χ0n) is 17.8. The van der Waals surface area contributed by atoms with E-state index in [1.807, 2.05) is 30.3 Å². The average molecular weight is 441 g/mol. The molecule has 0 amide bonds. The predicted molar refractivity (Wildman–Crippen MR) is 118 cm³/mol. The Labute approximate surface area is 182 Å². The van der Waals surface area contributed by atoms with E-state index >= 15 is 0 Å². The van der Waals surface area contributed by atoms with E-state index in [1.54, 1.807) is 39.0 Å². The largest absolute Gasteiger partial charge is 0.492 e. The van der Waals surface area contributed by atoms with E-state index in [2.05, 4.69) is 0 Å². The van der Waals surface area contributed by atoms with Gasteiger partial charge in [-0.15, -0.1) is 0 Å². The molecule has 0 spiro atoms. The summed E-state index contributed by atoms with van der Waals surface area (Å²) in [5, 5.41) is 0. The number of rotatable bonds is 6. The highest BCUT2D eigenvalue weighted by atomic mass is 32.2. The fraction of sp³-hybridized carbons (Fsp3) is 0.208. The van der Waals surface area contributed by atoms with Crippen LogP contribution in [-0.2, 0) is 14.9 Å². The summed E-state index contributed by atoms with van der Waals surface area (Å²) in [7, 11) is -2.90. The number of ether oxygens (including phenoxy) is 2. The van der Waals surface area contributed by atoms with Crippen LogP contribution in [0.4, 0.5) is 0 Å². The van der Waals surface area contributed by atoms with Gasteiger partial charge in [0.05, 0.1) is 7.11 Å². The van der Waals surface area contributed by atoms with E-state index in [1.165, 1.54) is 31.4 Å². The molecule has 7 heteroatoms. The lowest BCUT2D eigenvalue weighted by Gasteiger charge is -2.21. The second kappa shape index (κ2) is 8.81. The van der Waals surface area contributed by atoms with E-state index in [-0.39, 0.29) is 22.0 Å². The quantitative estimate of drug-likeness (QED) is 0.393. The van der Waals surface area contributed by atoms with E-state index in [0.29, 0.717) is 5.56 Å². The molecule has 0 atom stereocenters. The number of para-hydroxylation sites is 1. The van der Waals surface area contributed by atoms with Crippen molar-refractivity contribution < 1.29 is 26.9 Å². The first-order valence-corrected chi connectivity index (χ1v) is 11.0. The van der Waals surface area contributed by atoms with Gasteiger partial charge in [-0.2, -0.15) is 8.42 Å². The Balaban J connectivity index is 2.02. The van der Waals surface area contributed by atoms with E-state index in [0.717, 1.165) is 5.56 Å². The van der Waals surface area contributed by atoms with Gasteiger partial charge in [0.1, 0.15) is 16.1 Å². The minimum atomic E-state index is -4.23. The number of carbonyl (C=O) groups excluding carboxylic acids is 1. The Morgan fingerprint density at radius 2 is 1.48 bits per heavy atom. The third-order valence-corrected chi connectivity index (χ3v) is 5.54. The summed E-state index contributed by atoms with van der Waals surface area (Å²) < 4.78 is 42.5. The highest BCUT2D eigenvalue weighted by molar-refractivity contribution is 7.87. The van der Waals surface area contributed by atoms with Crippen molar-refractivity contribution in [2.75, 3.05) is 7.11 Å². The molecule has 0 fully saturated rings. The summed E-state index contributed by atoms with van der Waals surface area (Å²) in [5.74, 6) is -0.761. The van der Waals surface area contributed by atoms with Crippen molar-refractivity contribution in [1.29, 1.82) is 0 Å². The van der Waals surface area contributed by atoms with Crippen LogP contribution in [0.5, 0.6) is 11.5 Å². The fourth-order valence-electron chi connectivity index (χ4n) is 2.99. The highest BCUT2D eigenvalue weighted by Gasteiger charge is 2.27. The number of methoxy groups -OCH3 is 1. The van der Waals surface area contributed by atoms with Gasteiger partial charge in [-0.25, -0.2) is 4.79 Å². The SMILES string of the molecule is COc1c(OS(=O)(=O)c2ccccc2-c2ccccc2)cccc1C(=O)OC(C)(C)C. The molecular formula is C24H24O6S. The minimum absolute atomic E-state index is 0.00549. The second-order valence-electron chi connectivity index (χ2n) is 7.74. The van der Waals surface area contributed by atoms with Crippen LogP contribution in [0.1, 0.15) is 31.1 Å². The van der Waals surface area contributed by atoms with Gasteiger partial charge in [-0.3, -0.25) is 0 Å². The molecule has 31 heavy (non-hydrogen) atoms. The van der Waals surface area contributed by atoms with Gasteiger partial charge in [0, 0.05) is 5.56 Å². The highest BCUT2D eigenvalue weighted by Crippen LogP contribution is 2.36. The van der Waals surface area contributed by atoms with Crippen molar-refractivity contribution in [3.05, 3.63) is 78.4 Å². The summed E-state index contributed by atoms with van der Waals surface area (Å²) in [4.78, 5) is 12.6. The molecule has 0 N–H and O–H groups in total. The average Bonchev–Trinajstić information content (AvgIpc) is 2.72. The first-order valence-electron chi connectivity index (χ1n) is 9.62. The zero-order valence-corrected chi connectivity index (χ0v) is 18.6. The van der Waals surface area contributed by atoms with Crippen molar-refractivity contribution in [2.45, 2.75) is 31.3 Å². The fourth-order valence-corrected chi connectivity index (χ4v) is 4.15. The lowest BCUT2D eigenvalue weighted by atomic mass is 10.1. The Morgan fingerprint density at radius 3 is 2.13 bits per heavy atom. The summed E-state index contributed by atoms with van der Waals surface area (Å²) >= 11 is 0. The van der Waals surface area contributed by atoms with Crippen molar-refractivity contribution in [3.8, 4) is 22.6 Å². The van der Waals surface area contributed by atoms with Gasteiger partial charge in [-0.1, -0.05) is 54.6 Å². The first kappa shape index (κ1) is 22.4. The molecule has 6 nitrogen and oxygen atoms in total. The number of hydrogen-bond donors (Lipinski definition) is 0. The predicted octanol–water partition coefficient (Wildman–Crippen LogP) is 5.09. The molecule has 0 bridgehead atoms. The molecule has 3 rings (SSSR count). The van der Waals surface area contributed by atoms with Crippen LogP contribution < -0.4 is 8.92 Å². The molecule has 0 aliphatic heterocycles. The Kier molecular flexibility index (Phi) is 6.36. The van der Waals surface area contributed by atoms with Crippen LogP contribution in [0.25, 0.3) is 11.1 Å². The Bertz CT molecular complexity index is 1180. The van der Waals surface area contributed by atoms with Crippen molar-refractivity contribution >= 4 is 16.1 Å². The maximum Gasteiger partial charge on any atom is 0.342 e. The van der Waals surface area contributed by atoms with Crippen LogP contribution in [-0.4, -0.2) is 27.1 Å². The van der Waals surface area contributed by atoms with Crippen LogP contribution in [0.2, 0.25) is 0 Å². The van der Waals surface area contributed by atoms with Crippen LogP contribution in [0, 0.1) is 0 Å². The Hall–Kier alpha value is -3.32. The van der Waals surface area contributed by atoms with Gasteiger partial charge in [-0.05, 0) is 44.5 Å². The Morgan fingerprint density at radius 1 is 0.839 bits per heavy atom. The van der Waals surface area contributed by atoms with Gasteiger partial charge >= 0.3 is 16.1 Å². The maximum atomic E-state index is 13.2. The lowest BCUT2D eigenvalue weighted by molar-refractivity contribution is 0.00660. The standard InChI is InChI=1S/C24H24O6S/c1-24(2,3)29-23(25)19-14-10-15-20(22(19)28-4)30-31(26,27)21-16-9-8-13-18(21)17-11-6-5-7-12-17/h5-16H,1-4H3. The van der Waals surface area contributed by atoms with E-state index < -0.39 is 21.7 Å². The summed E-state index contributed by atoms with van der Waals surface area (Å²) in [5.41, 5.74) is 0.589. The molecule has 3 aromatic carbocycles.